The van der Waals surface area contributed by atoms with Crippen LogP contribution >= 0.6 is 0 Å². The third kappa shape index (κ3) is 3.11. The number of benzene rings is 2. The van der Waals surface area contributed by atoms with Gasteiger partial charge < -0.3 is 10.4 Å². The number of hydrogen-bond donors (Lipinski definition) is 2. The Morgan fingerprint density at radius 2 is 1.96 bits per heavy atom. The first-order valence-electron chi connectivity index (χ1n) is 7.90. The Balaban J connectivity index is 2.15. The van der Waals surface area contributed by atoms with Crippen LogP contribution in [0.15, 0.2) is 42.6 Å². The van der Waals surface area contributed by atoms with Crippen LogP contribution in [0.2, 0.25) is 0 Å². The van der Waals surface area contributed by atoms with Gasteiger partial charge in [0.1, 0.15) is 5.75 Å². The molecule has 0 bridgehead atoms. The molecule has 3 aromatic rings. The van der Waals surface area contributed by atoms with Crippen molar-refractivity contribution in [2.45, 2.75) is 33.2 Å². The van der Waals surface area contributed by atoms with Crippen LogP contribution in [-0.2, 0) is 0 Å². The molecule has 23 heavy (non-hydrogen) atoms. The van der Waals surface area contributed by atoms with Crippen molar-refractivity contribution in [3.8, 4) is 16.9 Å². The van der Waals surface area contributed by atoms with Crippen LogP contribution in [0.1, 0.15) is 25.8 Å². The lowest BCUT2D eigenvalue weighted by molar-refractivity contribution is 0.476. The van der Waals surface area contributed by atoms with Crippen molar-refractivity contribution in [2.24, 2.45) is 0 Å². The molecule has 0 fully saturated rings. The topological polar surface area (TPSA) is 58.0 Å². The Morgan fingerprint density at radius 3 is 2.70 bits per heavy atom. The molecule has 0 saturated heterocycles. The van der Waals surface area contributed by atoms with Crippen LogP contribution in [0, 0.1) is 6.92 Å². The van der Waals surface area contributed by atoms with Crippen LogP contribution in [0.25, 0.3) is 22.0 Å². The van der Waals surface area contributed by atoms with E-state index in [2.05, 4.69) is 48.2 Å². The average Bonchev–Trinajstić information content (AvgIpc) is 2.54. The SMILES string of the molecule is CCC(C)Nc1ncc2c(-c3ccccc3C)cc(O)cc2n1. The second-order valence-electron chi connectivity index (χ2n) is 5.89. The summed E-state index contributed by atoms with van der Waals surface area (Å²) in [5.41, 5.74) is 3.93. The van der Waals surface area contributed by atoms with Gasteiger partial charge in [0.25, 0.3) is 0 Å². The Morgan fingerprint density at radius 1 is 1.17 bits per heavy atom. The summed E-state index contributed by atoms with van der Waals surface area (Å²) in [6, 6.07) is 11.9. The monoisotopic (exact) mass is 307 g/mol. The Labute approximate surface area is 136 Å². The normalized spacial score (nSPS) is 12.3. The summed E-state index contributed by atoms with van der Waals surface area (Å²) in [7, 11) is 0. The lowest BCUT2D eigenvalue weighted by atomic mass is 9.97. The van der Waals surface area contributed by atoms with Crippen molar-refractivity contribution in [1.82, 2.24) is 9.97 Å². The van der Waals surface area contributed by atoms with E-state index in [-0.39, 0.29) is 5.75 Å². The highest BCUT2D eigenvalue weighted by Gasteiger charge is 2.11. The molecule has 0 aliphatic carbocycles. The van der Waals surface area contributed by atoms with Gasteiger partial charge in [0.2, 0.25) is 5.95 Å². The molecule has 0 spiro atoms. The Hall–Kier alpha value is -2.62. The predicted octanol–water partition coefficient (Wildman–Crippen LogP) is 4.52. The van der Waals surface area contributed by atoms with E-state index >= 15 is 0 Å². The van der Waals surface area contributed by atoms with Gasteiger partial charge in [-0.2, -0.15) is 0 Å². The molecule has 3 rings (SSSR count). The summed E-state index contributed by atoms with van der Waals surface area (Å²) in [5, 5.41) is 14.3. The highest BCUT2D eigenvalue weighted by molar-refractivity contribution is 5.96. The lowest BCUT2D eigenvalue weighted by Crippen LogP contribution is -2.15. The van der Waals surface area contributed by atoms with E-state index in [1.54, 1.807) is 12.1 Å². The van der Waals surface area contributed by atoms with Crippen molar-refractivity contribution >= 4 is 16.9 Å². The summed E-state index contributed by atoms with van der Waals surface area (Å²) in [4.78, 5) is 8.99. The number of aromatic hydroxyl groups is 1. The summed E-state index contributed by atoms with van der Waals surface area (Å²) < 4.78 is 0. The Bertz CT molecular complexity index is 845. The van der Waals surface area contributed by atoms with Crippen LogP contribution in [-0.4, -0.2) is 21.1 Å². The molecule has 1 heterocycles. The van der Waals surface area contributed by atoms with Crippen LogP contribution in [0.3, 0.4) is 0 Å². The molecule has 118 valence electrons. The number of hydrogen-bond acceptors (Lipinski definition) is 4. The maximum Gasteiger partial charge on any atom is 0.223 e. The van der Waals surface area contributed by atoms with E-state index in [1.807, 2.05) is 18.3 Å². The van der Waals surface area contributed by atoms with Gasteiger partial charge in [-0.15, -0.1) is 0 Å². The molecule has 1 atom stereocenters. The summed E-state index contributed by atoms with van der Waals surface area (Å²) >= 11 is 0. The molecule has 4 heteroatoms. The fraction of sp³-hybridized carbons (Fsp3) is 0.263. The highest BCUT2D eigenvalue weighted by atomic mass is 16.3. The molecule has 0 saturated carbocycles. The molecule has 0 amide bonds. The van der Waals surface area contributed by atoms with E-state index in [0.717, 1.165) is 34.0 Å². The number of aryl methyl sites for hydroxylation is 1. The van der Waals surface area contributed by atoms with Gasteiger partial charge in [-0.1, -0.05) is 31.2 Å². The molecule has 2 N–H and O–H groups in total. The molecular weight excluding hydrogens is 286 g/mol. The van der Waals surface area contributed by atoms with Crippen molar-refractivity contribution in [1.29, 1.82) is 0 Å². The maximum atomic E-state index is 10.1. The number of fused-ring (bicyclic) bond motifs is 1. The molecular formula is C19H21N3O. The number of rotatable bonds is 4. The second kappa shape index (κ2) is 6.24. The van der Waals surface area contributed by atoms with Gasteiger partial charge in [0.05, 0.1) is 5.52 Å². The van der Waals surface area contributed by atoms with E-state index in [0.29, 0.717) is 12.0 Å². The number of aromatic nitrogens is 2. The van der Waals surface area contributed by atoms with Crippen LogP contribution in [0.5, 0.6) is 5.75 Å². The van der Waals surface area contributed by atoms with E-state index in [9.17, 15) is 5.11 Å². The largest absolute Gasteiger partial charge is 0.508 e. The van der Waals surface area contributed by atoms with E-state index in [4.69, 9.17) is 0 Å². The maximum absolute atomic E-state index is 10.1. The zero-order valence-electron chi connectivity index (χ0n) is 13.7. The van der Waals surface area contributed by atoms with Crippen molar-refractivity contribution < 1.29 is 5.11 Å². The highest BCUT2D eigenvalue weighted by Crippen LogP contribution is 2.33. The predicted molar refractivity (Wildman–Crippen MR) is 94.8 cm³/mol. The smallest absolute Gasteiger partial charge is 0.223 e. The first-order valence-corrected chi connectivity index (χ1v) is 7.90. The van der Waals surface area contributed by atoms with Gasteiger partial charge in [0.15, 0.2) is 0 Å². The molecule has 0 aliphatic rings. The van der Waals surface area contributed by atoms with Gasteiger partial charge in [-0.3, -0.25) is 0 Å². The summed E-state index contributed by atoms with van der Waals surface area (Å²) in [6.45, 7) is 6.26. The minimum Gasteiger partial charge on any atom is -0.508 e. The van der Waals surface area contributed by atoms with Crippen LogP contribution in [0.4, 0.5) is 5.95 Å². The van der Waals surface area contributed by atoms with Crippen LogP contribution < -0.4 is 5.32 Å². The van der Waals surface area contributed by atoms with Crippen molar-refractivity contribution in [3.05, 3.63) is 48.2 Å². The lowest BCUT2D eigenvalue weighted by Gasteiger charge is -2.13. The Kier molecular flexibility index (Phi) is 4.15. The minimum absolute atomic E-state index is 0.212. The first kappa shape index (κ1) is 15.3. The number of phenolic OH excluding ortho intramolecular Hbond substituents is 1. The number of anilines is 1. The number of nitrogens with zero attached hydrogens (tertiary/aromatic N) is 2. The fourth-order valence-corrected chi connectivity index (χ4v) is 2.61. The summed E-state index contributed by atoms with van der Waals surface area (Å²) in [5.74, 6) is 0.803. The standard InChI is InChI=1S/C19H21N3O/c1-4-13(3)21-19-20-11-17-16(9-14(23)10-18(17)22-19)15-8-6-5-7-12(15)2/h5-11,13,23H,4H2,1-3H3,(H,20,21,22). The summed E-state index contributed by atoms with van der Waals surface area (Å²) in [6.07, 6.45) is 2.82. The van der Waals surface area contributed by atoms with Crippen molar-refractivity contribution in [3.63, 3.8) is 0 Å². The van der Waals surface area contributed by atoms with Gasteiger partial charge >= 0.3 is 0 Å². The van der Waals surface area contributed by atoms with E-state index < -0.39 is 0 Å². The van der Waals surface area contributed by atoms with Crippen molar-refractivity contribution in [2.75, 3.05) is 5.32 Å². The zero-order chi connectivity index (χ0) is 16.4. The molecule has 4 nitrogen and oxygen atoms in total. The molecule has 0 aliphatic heterocycles. The quantitative estimate of drug-likeness (QED) is 0.744. The first-order chi connectivity index (χ1) is 11.1. The van der Waals surface area contributed by atoms with Gasteiger partial charge in [-0.25, -0.2) is 9.97 Å². The third-order valence-corrected chi connectivity index (χ3v) is 4.11. The third-order valence-electron chi connectivity index (χ3n) is 4.11. The number of nitrogens with one attached hydrogen (secondary N) is 1. The molecule has 0 radical (unpaired) electrons. The zero-order valence-corrected chi connectivity index (χ0v) is 13.7. The average molecular weight is 307 g/mol. The molecule has 1 aromatic heterocycles. The molecule has 2 aromatic carbocycles. The van der Waals surface area contributed by atoms with E-state index in [1.165, 1.54) is 0 Å². The number of phenols is 1. The second-order valence-corrected chi connectivity index (χ2v) is 5.89. The minimum atomic E-state index is 0.212. The van der Waals surface area contributed by atoms with Gasteiger partial charge in [0, 0.05) is 23.7 Å². The fourth-order valence-electron chi connectivity index (χ4n) is 2.61. The molecule has 1 unspecified atom stereocenters. The van der Waals surface area contributed by atoms with Gasteiger partial charge in [-0.05, 0) is 43.0 Å².